The summed E-state index contributed by atoms with van der Waals surface area (Å²) in [6, 6.07) is 5.94. The first-order chi connectivity index (χ1) is 25.7. The lowest BCUT2D eigenvalue weighted by atomic mass is 9.82. The fourth-order valence-electron chi connectivity index (χ4n) is 4.03. The van der Waals surface area contributed by atoms with Crippen LogP contribution in [0.4, 0.5) is 26.3 Å². The number of nitrogens with one attached hydrogen (secondary N) is 4. The molecule has 18 nitrogen and oxygen atoms in total. The average Bonchev–Trinajstić information content (AvgIpc) is 3.12. The van der Waals surface area contributed by atoms with Crippen LogP contribution < -0.4 is 32.7 Å². The van der Waals surface area contributed by atoms with Crippen LogP contribution in [-0.4, -0.2) is 130 Å². The molecule has 4 atom stereocenters. The molecule has 12 N–H and O–H groups in total. The first-order valence-corrected chi connectivity index (χ1v) is 15.7. The summed E-state index contributed by atoms with van der Waals surface area (Å²) in [6.45, 7) is 2.99. The largest absolute Gasteiger partial charge is 0.490 e. The highest BCUT2D eigenvalue weighted by Gasteiger charge is 2.39. The molecular formula is C32H36F6N6O12. The first-order valence-electron chi connectivity index (χ1n) is 15.7. The number of aliphatic hydroxyl groups is 2. The van der Waals surface area contributed by atoms with E-state index in [-0.39, 0.29) is 59.6 Å². The molecule has 56 heavy (non-hydrogen) atoms. The van der Waals surface area contributed by atoms with Gasteiger partial charge in [0.25, 0.3) is 11.8 Å². The molecule has 0 bridgehead atoms. The van der Waals surface area contributed by atoms with Crippen LogP contribution in [0.2, 0.25) is 0 Å². The maximum atomic E-state index is 13.2. The molecule has 0 aromatic heterocycles. The zero-order valence-electron chi connectivity index (χ0n) is 29.1. The van der Waals surface area contributed by atoms with Crippen molar-refractivity contribution in [2.45, 2.75) is 50.5 Å². The van der Waals surface area contributed by atoms with Gasteiger partial charge in [0, 0.05) is 59.6 Å². The highest BCUT2D eigenvalue weighted by atomic mass is 19.4. The van der Waals surface area contributed by atoms with Crippen molar-refractivity contribution in [1.29, 1.82) is 0 Å². The van der Waals surface area contributed by atoms with Crippen molar-refractivity contribution in [3.8, 4) is 0 Å². The van der Waals surface area contributed by atoms with Crippen molar-refractivity contribution in [1.82, 2.24) is 21.3 Å². The zero-order valence-corrected chi connectivity index (χ0v) is 29.1. The van der Waals surface area contributed by atoms with Gasteiger partial charge in [-0.1, -0.05) is 0 Å². The second kappa shape index (κ2) is 20.6. The van der Waals surface area contributed by atoms with E-state index in [9.17, 15) is 65.3 Å². The number of carboxylic acids is 2. The number of halogens is 6. The number of aliphatic carboxylic acids is 2. The van der Waals surface area contributed by atoms with Gasteiger partial charge in [-0.15, -0.1) is 0 Å². The van der Waals surface area contributed by atoms with Crippen LogP contribution in [0.3, 0.4) is 0 Å². The van der Waals surface area contributed by atoms with Gasteiger partial charge in [0.1, 0.15) is 12.1 Å². The number of carbonyl (C=O) groups is 8. The minimum absolute atomic E-state index is 0.0414. The molecular weight excluding hydrogens is 774 g/mol. The monoisotopic (exact) mass is 810 g/mol. The molecule has 0 unspecified atom stereocenters. The van der Waals surface area contributed by atoms with Crippen LogP contribution in [0.15, 0.2) is 36.4 Å². The van der Waals surface area contributed by atoms with Crippen LogP contribution in [0.5, 0.6) is 0 Å². The van der Waals surface area contributed by atoms with Gasteiger partial charge in [-0.25, -0.2) is 9.59 Å². The second-order valence-corrected chi connectivity index (χ2v) is 11.4. The standard InChI is InChI=1S/C28H34N6O8.2C2HF3O2/c1-13(35)21(29)27(41)33-9-7-31-25(39)15-3-5-17-19(11-15)23(37)18-6-4-16(12-20(18)24(17)38)26(40)32-8-10-34-28(42)22(30)14(2)36;2*3-2(4,5)1(6)7/h3-6,11-14,21-22,35-36H,7-10,29-30H2,1-2H3,(H,31,39)(H,32,40)(H,33,41)(H,34,42);2*(H,6,7)/t13-,14-,21+,22+;;/m1../s1. The Balaban J connectivity index is 0.000000949. The summed E-state index contributed by atoms with van der Waals surface area (Å²) < 4.78 is 63.5. The molecule has 1 aliphatic rings. The third-order valence-corrected chi connectivity index (χ3v) is 7.09. The molecule has 0 saturated carbocycles. The van der Waals surface area contributed by atoms with Gasteiger partial charge in [0.15, 0.2) is 11.6 Å². The summed E-state index contributed by atoms with van der Waals surface area (Å²) in [5, 5.41) is 43.1. The van der Waals surface area contributed by atoms with Gasteiger partial charge in [0.2, 0.25) is 11.8 Å². The summed E-state index contributed by atoms with van der Waals surface area (Å²) in [4.78, 5) is 93.0. The van der Waals surface area contributed by atoms with Gasteiger partial charge in [0.05, 0.1) is 12.2 Å². The fraction of sp³-hybridized carbons (Fsp3) is 0.375. The van der Waals surface area contributed by atoms with E-state index >= 15 is 0 Å². The van der Waals surface area contributed by atoms with E-state index in [2.05, 4.69) is 21.3 Å². The highest BCUT2D eigenvalue weighted by molar-refractivity contribution is 6.29. The normalized spacial score (nSPS) is 14.0. The van der Waals surface area contributed by atoms with Gasteiger partial charge in [-0.2, -0.15) is 26.3 Å². The van der Waals surface area contributed by atoms with Crippen molar-refractivity contribution in [2.24, 2.45) is 11.5 Å². The molecule has 4 amide bonds. The number of aliphatic hydroxyl groups excluding tert-OH is 2. The zero-order chi connectivity index (χ0) is 43.3. The van der Waals surface area contributed by atoms with Crippen LogP contribution in [0, 0.1) is 0 Å². The molecule has 3 rings (SSSR count). The number of hydrogen-bond acceptors (Lipinski definition) is 12. The smallest absolute Gasteiger partial charge is 0.475 e. The van der Waals surface area contributed by atoms with Gasteiger partial charge in [-0.05, 0) is 50.2 Å². The molecule has 0 saturated heterocycles. The molecule has 24 heteroatoms. The van der Waals surface area contributed by atoms with E-state index in [1.165, 1.54) is 50.2 Å². The van der Waals surface area contributed by atoms with E-state index in [0.29, 0.717) is 0 Å². The predicted molar refractivity (Wildman–Crippen MR) is 177 cm³/mol. The van der Waals surface area contributed by atoms with Crippen molar-refractivity contribution >= 4 is 47.1 Å². The summed E-state index contributed by atoms with van der Waals surface area (Å²) >= 11 is 0. The summed E-state index contributed by atoms with van der Waals surface area (Å²) in [5.74, 6) is -8.70. The van der Waals surface area contributed by atoms with Gasteiger partial charge < -0.3 is 53.2 Å². The van der Waals surface area contributed by atoms with E-state index in [0.717, 1.165) is 0 Å². The van der Waals surface area contributed by atoms with E-state index in [1.54, 1.807) is 0 Å². The maximum Gasteiger partial charge on any atom is 0.490 e. The number of alkyl halides is 6. The van der Waals surface area contributed by atoms with E-state index in [4.69, 9.17) is 31.3 Å². The molecule has 0 aliphatic heterocycles. The highest BCUT2D eigenvalue weighted by Crippen LogP contribution is 2.29. The average molecular weight is 811 g/mol. The Labute approximate surface area is 311 Å². The Morgan fingerprint density at radius 1 is 0.571 bits per heavy atom. The summed E-state index contributed by atoms with van der Waals surface area (Å²) in [5.41, 5.74) is 11.6. The Hall–Kier alpha value is -5.98. The van der Waals surface area contributed by atoms with Crippen LogP contribution in [0.1, 0.15) is 66.4 Å². The second-order valence-electron chi connectivity index (χ2n) is 11.4. The van der Waals surface area contributed by atoms with Crippen LogP contribution in [-0.2, 0) is 19.2 Å². The lowest BCUT2D eigenvalue weighted by Crippen LogP contribution is -2.48. The van der Waals surface area contributed by atoms with Gasteiger partial charge in [-0.3, -0.25) is 28.8 Å². The molecule has 2 aromatic rings. The predicted octanol–water partition coefficient (Wildman–Crippen LogP) is -1.16. The number of amides is 4. The Bertz CT molecular complexity index is 1690. The van der Waals surface area contributed by atoms with Crippen molar-refractivity contribution in [3.63, 3.8) is 0 Å². The third kappa shape index (κ3) is 14.3. The summed E-state index contributed by atoms with van der Waals surface area (Å²) in [7, 11) is 0. The lowest BCUT2D eigenvalue weighted by Gasteiger charge is -2.19. The van der Waals surface area contributed by atoms with E-state index < -0.39 is 83.8 Å². The van der Waals surface area contributed by atoms with Gasteiger partial charge >= 0.3 is 24.3 Å². The number of fused-ring (bicyclic) bond motifs is 2. The van der Waals surface area contributed by atoms with Crippen LogP contribution >= 0.6 is 0 Å². The minimum Gasteiger partial charge on any atom is -0.475 e. The molecule has 2 aromatic carbocycles. The minimum atomic E-state index is -5.08. The number of carboxylic acid groups (broad SMARTS) is 2. The molecule has 308 valence electrons. The maximum absolute atomic E-state index is 13.2. The van der Waals surface area contributed by atoms with Crippen molar-refractivity contribution < 1.29 is 85.1 Å². The molecule has 0 heterocycles. The number of ketones is 2. The number of nitrogens with two attached hydrogens (primary N) is 2. The first kappa shape index (κ1) is 48.0. The summed E-state index contributed by atoms with van der Waals surface area (Å²) in [6.07, 6.45) is -12.2. The SMILES string of the molecule is C[C@@H](O)[C@H](N)C(=O)NCCNC(=O)c1ccc2c(c1)C(=O)c1ccc(C(=O)NCCNC(=O)[C@@H](N)[C@@H](C)O)cc1C2=O.O=C(O)C(F)(F)F.O=C(O)C(F)(F)F. The van der Waals surface area contributed by atoms with Crippen molar-refractivity contribution in [2.75, 3.05) is 26.2 Å². The quantitative estimate of drug-likeness (QED) is 0.0762. The molecule has 1 aliphatic carbocycles. The Morgan fingerprint density at radius 2 is 0.839 bits per heavy atom. The molecule has 0 spiro atoms. The van der Waals surface area contributed by atoms with E-state index in [1.807, 2.05) is 0 Å². The number of benzene rings is 2. The Morgan fingerprint density at radius 3 is 1.09 bits per heavy atom. The topological polar surface area (TPSA) is 318 Å². The Kier molecular flexibility index (Phi) is 17.7. The molecule has 0 fully saturated rings. The van der Waals surface area contributed by atoms with Crippen molar-refractivity contribution in [3.05, 3.63) is 69.8 Å². The molecule has 0 radical (unpaired) electrons. The fourth-order valence-corrected chi connectivity index (χ4v) is 4.03. The van der Waals surface area contributed by atoms with Crippen LogP contribution in [0.25, 0.3) is 0 Å². The number of hydrogen-bond donors (Lipinski definition) is 10. The lowest BCUT2D eigenvalue weighted by molar-refractivity contribution is -0.193. The number of carbonyl (C=O) groups excluding carboxylic acids is 6. The third-order valence-electron chi connectivity index (χ3n) is 7.09. The number of rotatable bonds is 12.